The second kappa shape index (κ2) is 10.1. The minimum Gasteiger partial charge on any atom is -0.494 e. The monoisotopic (exact) mass is 474 g/mol. The van der Waals surface area contributed by atoms with Gasteiger partial charge < -0.3 is 29.0 Å². The number of fused-ring (bicyclic) bond motifs is 1. The van der Waals surface area contributed by atoms with Gasteiger partial charge in [0.2, 0.25) is 5.62 Å². The van der Waals surface area contributed by atoms with Crippen molar-refractivity contribution in [1.29, 1.82) is 0 Å². The Kier molecular flexibility index (Phi) is 7.03. The van der Waals surface area contributed by atoms with E-state index in [1.165, 1.54) is 25.3 Å². The van der Waals surface area contributed by atoms with E-state index in [1.54, 1.807) is 21.6 Å². The van der Waals surface area contributed by atoms with Crippen molar-refractivity contribution in [2.75, 3.05) is 38.4 Å². The zero-order chi connectivity index (χ0) is 24.2. The summed E-state index contributed by atoms with van der Waals surface area (Å²) in [6.07, 6.45) is -2.31. The number of hydrogen-bond acceptors (Lipinski definition) is 5. The average Bonchev–Trinajstić information content (AvgIpc) is 3.17. The Labute approximate surface area is 193 Å². The number of halogens is 2. The number of morpholine rings is 1. The number of aromatic nitrogens is 2. The van der Waals surface area contributed by atoms with Crippen molar-refractivity contribution in [3.8, 4) is 5.75 Å². The van der Waals surface area contributed by atoms with Gasteiger partial charge in [0.05, 0.1) is 30.4 Å². The Hall–Kier alpha value is -3.57. The third kappa shape index (κ3) is 4.70. The van der Waals surface area contributed by atoms with Gasteiger partial charge in [-0.15, -0.1) is 0 Å². The zero-order valence-corrected chi connectivity index (χ0v) is 18.5. The molecule has 2 amide bonds. The molecule has 0 bridgehead atoms. The number of amides is 2. The zero-order valence-electron chi connectivity index (χ0n) is 18.5. The number of nitrogens with zero attached hydrogens (tertiary/aromatic N) is 3. The SMILES string of the molecule is COc1cc2c(cc1N1CCOCC1=O)[nH]/c(=N\C(=O)c1cccc(C(F)F)c1)n2CCCO. The maximum Gasteiger partial charge on any atom is 0.280 e. The van der Waals surface area contributed by atoms with Crippen molar-refractivity contribution >= 4 is 28.5 Å². The van der Waals surface area contributed by atoms with Gasteiger partial charge in [0.25, 0.3) is 18.2 Å². The topological polar surface area (TPSA) is 109 Å². The van der Waals surface area contributed by atoms with Crippen molar-refractivity contribution < 1.29 is 33.0 Å². The van der Waals surface area contributed by atoms with Gasteiger partial charge >= 0.3 is 0 Å². The third-order valence-electron chi connectivity index (χ3n) is 5.50. The normalized spacial score (nSPS) is 14.9. The number of ether oxygens (including phenoxy) is 2. The van der Waals surface area contributed by atoms with Crippen LogP contribution in [0.2, 0.25) is 0 Å². The number of aliphatic hydroxyl groups is 1. The molecule has 3 aromatic rings. The number of carbonyl (C=O) groups excluding carboxylic acids is 2. The van der Waals surface area contributed by atoms with Crippen LogP contribution < -0.4 is 15.3 Å². The van der Waals surface area contributed by atoms with Gasteiger partial charge in [-0.1, -0.05) is 12.1 Å². The Morgan fingerprint density at radius 2 is 2.15 bits per heavy atom. The van der Waals surface area contributed by atoms with Crippen LogP contribution in [0.25, 0.3) is 11.0 Å². The van der Waals surface area contributed by atoms with Crippen molar-refractivity contribution in [2.24, 2.45) is 4.99 Å². The van der Waals surface area contributed by atoms with Crippen LogP contribution in [-0.4, -0.2) is 59.9 Å². The number of alkyl halides is 2. The first-order valence-electron chi connectivity index (χ1n) is 10.7. The molecular formula is C23H24F2N4O5. The second-order valence-electron chi connectivity index (χ2n) is 7.66. The van der Waals surface area contributed by atoms with Gasteiger partial charge in [0.1, 0.15) is 12.4 Å². The molecule has 0 spiro atoms. The highest BCUT2D eigenvalue weighted by molar-refractivity contribution is 5.99. The van der Waals surface area contributed by atoms with Crippen LogP contribution in [0.4, 0.5) is 14.5 Å². The lowest BCUT2D eigenvalue weighted by Crippen LogP contribution is -2.41. The molecule has 0 saturated carbocycles. The molecule has 34 heavy (non-hydrogen) atoms. The van der Waals surface area contributed by atoms with Gasteiger partial charge in [-0.2, -0.15) is 4.99 Å². The molecule has 2 aromatic carbocycles. The maximum absolute atomic E-state index is 13.0. The van der Waals surface area contributed by atoms with Crippen LogP contribution in [0.1, 0.15) is 28.8 Å². The van der Waals surface area contributed by atoms with Crippen LogP contribution in [0, 0.1) is 0 Å². The summed E-state index contributed by atoms with van der Waals surface area (Å²) in [5, 5.41) is 9.34. The largest absolute Gasteiger partial charge is 0.494 e. The molecule has 11 heteroatoms. The van der Waals surface area contributed by atoms with E-state index in [0.717, 1.165) is 6.07 Å². The fourth-order valence-corrected chi connectivity index (χ4v) is 3.84. The summed E-state index contributed by atoms with van der Waals surface area (Å²) in [7, 11) is 1.49. The molecule has 0 radical (unpaired) electrons. The average molecular weight is 474 g/mol. The molecule has 1 saturated heterocycles. The minimum atomic E-state index is -2.70. The number of aromatic amines is 1. The number of H-pyrrole nitrogens is 1. The van der Waals surface area contributed by atoms with E-state index < -0.39 is 12.3 Å². The molecule has 0 atom stereocenters. The lowest BCUT2D eigenvalue weighted by molar-refractivity contribution is -0.125. The molecule has 180 valence electrons. The Balaban J connectivity index is 1.83. The fourth-order valence-electron chi connectivity index (χ4n) is 3.84. The summed E-state index contributed by atoms with van der Waals surface area (Å²) in [4.78, 5) is 33.9. The number of anilines is 1. The highest BCUT2D eigenvalue weighted by atomic mass is 19.3. The maximum atomic E-state index is 13.0. The minimum absolute atomic E-state index is 0.0300. The van der Waals surface area contributed by atoms with Gasteiger partial charge in [-0.05, 0) is 24.6 Å². The number of imidazole rings is 1. The molecule has 0 aliphatic carbocycles. The summed E-state index contributed by atoms with van der Waals surface area (Å²) in [5.41, 5.74) is 1.71. The molecule has 2 N–H and O–H groups in total. The van der Waals surface area contributed by atoms with E-state index in [9.17, 15) is 23.5 Å². The van der Waals surface area contributed by atoms with Gasteiger partial charge in [-0.3, -0.25) is 9.59 Å². The highest BCUT2D eigenvalue weighted by Crippen LogP contribution is 2.33. The number of rotatable bonds is 7. The first kappa shape index (κ1) is 23.6. The van der Waals surface area contributed by atoms with Gasteiger partial charge in [-0.25, -0.2) is 8.78 Å². The van der Waals surface area contributed by atoms with Crippen LogP contribution >= 0.6 is 0 Å². The fraction of sp³-hybridized carbons (Fsp3) is 0.348. The highest BCUT2D eigenvalue weighted by Gasteiger charge is 2.24. The molecule has 9 nitrogen and oxygen atoms in total. The van der Waals surface area contributed by atoms with E-state index in [4.69, 9.17) is 9.47 Å². The standard InChI is InChI=1S/C23H24F2N4O5/c1-33-19-12-17-16(11-18(19)28-7-9-34-13-20(28)31)26-23(29(17)6-3-8-30)27-22(32)15-5-2-4-14(10-15)21(24)25/h2,4-5,10-12,21,30H,3,6-9,13H2,1H3,(H,26,27,32). The van der Waals surface area contributed by atoms with Crippen molar-refractivity contribution in [3.63, 3.8) is 0 Å². The summed E-state index contributed by atoms with van der Waals surface area (Å²) < 4.78 is 38.5. The smallest absolute Gasteiger partial charge is 0.280 e. The van der Waals surface area contributed by atoms with E-state index >= 15 is 0 Å². The lowest BCUT2D eigenvalue weighted by Gasteiger charge is -2.28. The number of hydrogen-bond donors (Lipinski definition) is 2. The Morgan fingerprint density at radius 3 is 2.85 bits per heavy atom. The first-order chi connectivity index (χ1) is 16.4. The predicted octanol–water partition coefficient (Wildman–Crippen LogP) is 2.40. The van der Waals surface area contributed by atoms with Crippen molar-refractivity contribution in [3.05, 3.63) is 53.1 Å². The Morgan fingerprint density at radius 1 is 1.32 bits per heavy atom. The number of aryl methyl sites for hydroxylation is 1. The quantitative estimate of drug-likeness (QED) is 0.547. The van der Waals surface area contributed by atoms with Crippen molar-refractivity contribution in [1.82, 2.24) is 9.55 Å². The summed E-state index contributed by atoms with van der Waals surface area (Å²) in [5.74, 6) is -0.452. The van der Waals surface area contributed by atoms with Crippen LogP contribution in [0.15, 0.2) is 41.4 Å². The van der Waals surface area contributed by atoms with E-state index in [1.807, 2.05) is 0 Å². The molecule has 2 heterocycles. The number of carbonyl (C=O) groups is 2. The van der Waals surface area contributed by atoms with E-state index in [0.29, 0.717) is 48.6 Å². The van der Waals surface area contributed by atoms with Crippen LogP contribution in [0.5, 0.6) is 5.75 Å². The number of aliphatic hydroxyl groups excluding tert-OH is 1. The molecule has 4 rings (SSSR count). The molecular weight excluding hydrogens is 450 g/mol. The summed E-state index contributed by atoms with van der Waals surface area (Å²) in [6, 6.07) is 8.61. The molecule has 1 aliphatic heterocycles. The third-order valence-corrected chi connectivity index (χ3v) is 5.50. The number of benzene rings is 2. The summed E-state index contributed by atoms with van der Waals surface area (Å²) >= 11 is 0. The molecule has 0 unspecified atom stereocenters. The number of nitrogens with one attached hydrogen (secondary N) is 1. The molecule has 1 fully saturated rings. The van der Waals surface area contributed by atoms with Gasteiger partial charge in [0.15, 0.2) is 0 Å². The predicted molar refractivity (Wildman–Crippen MR) is 119 cm³/mol. The molecule has 1 aliphatic rings. The second-order valence-corrected chi connectivity index (χ2v) is 7.66. The first-order valence-corrected chi connectivity index (χ1v) is 10.7. The molecule has 1 aromatic heterocycles. The number of methoxy groups -OCH3 is 1. The van der Waals surface area contributed by atoms with Crippen LogP contribution in [-0.2, 0) is 16.1 Å². The van der Waals surface area contributed by atoms with E-state index in [2.05, 4.69) is 9.98 Å². The Bertz CT molecular complexity index is 1280. The van der Waals surface area contributed by atoms with Crippen LogP contribution in [0.3, 0.4) is 0 Å². The van der Waals surface area contributed by atoms with Crippen molar-refractivity contribution in [2.45, 2.75) is 19.4 Å². The van der Waals surface area contributed by atoms with Gasteiger partial charge in [0, 0.05) is 36.9 Å². The lowest BCUT2D eigenvalue weighted by atomic mass is 10.1. The summed E-state index contributed by atoms with van der Waals surface area (Å²) in [6.45, 7) is 0.970. The van der Waals surface area contributed by atoms with E-state index in [-0.39, 0.29) is 35.9 Å².